The Kier molecular flexibility index (Phi) is 3.63. The number of aryl methyl sites for hydroxylation is 2. The molecule has 5 rings (SSSR count). The van der Waals surface area contributed by atoms with Gasteiger partial charge >= 0.3 is 0 Å². The first-order valence-electron chi connectivity index (χ1n) is 8.44. The number of thiazole rings is 1. The number of nitrogens with zero attached hydrogens (tertiary/aromatic N) is 5. The van der Waals surface area contributed by atoms with Crippen molar-refractivity contribution in [2.75, 3.05) is 5.32 Å². The largest absolute Gasteiger partial charge is 0.363 e. The summed E-state index contributed by atoms with van der Waals surface area (Å²) in [7, 11) is 0. The average molecular weight is 366 g/mol. The van der Waals surface area contributed by atoms with Gasteiger partial charge in [-0.1, -0.05) is 12.1 Å². The number of anilines is 1. The highest BCUT2D eigenvalue weighted by atomic mass is 32.1. The highest BCUT2D eigenvalue weighted by Gasteiger charge is 2.17. The molecule has 4 aromatic rings. The van der Waals surface area contributed by atoms with E-state index in [1.807, 2.05) is 0 Å². The van der Waals surface area contributed by atoms with E-state index >= 15 is 0 Å². The normalized spacial score (nSPS) is 13.3. The Hall–Kier alpha value is -2.87. The standard InChI is InChI=1S/C18H15FN6S/c19-12-4-1-2-6-14(12)25-18-11(8-23-25)17(21-10-22-18)20-9-16-24-13-5-3-7-15(13)26-16/h1-2,4,6,8,10H,3,5,7,9H2,(H,20,21,22). The van der Waals surface area contributed by atoms with Gasteiger partial charge in [0.25, 0.3) is 0 Å². The number of rotatable bonds is 4. The second-order valence-corrected chi connectivity index (χ2v) is 7.32. The van der Waals surface area contributed by atoms with E-state index in [2.05, 4.69) is 20.4 Å². The van der Waals surface area contributed by atoms with Gasteiger partial charge in [-0.05, 0) is 31.4 Å². The number of nitrogens with one attached hydrogen (secondary N) is 1. The van der Waals surface area contributed by atoms with Gasteiger partial charge in [-0.25, -0.2) is 24.0 Å². The summed E-state index contributed by atoms with van der Waals surface area (Å²) in [4.78, 5) is 14.7. The molecule has 3 aromatic heterocycles. The molecule has 0 bridgehead atoms. The zero-order valence-electron chi connectivity index (χ0n) is 13.8. The summed E-state index contributed by atoms with van der Waals surface area (Å²) in [6, 6.07) is 6.50. The Labute approximate surface area is 152 Å². The SMILES string of the molecule is Fc1ccccc1-n1ncc2c(NCc3nc4c(s3)CCC4)ncnc21. The van der Waals surface area contributed by atoms with Crippen molar-refractivity contribution in [3.05, 3.63) is 58.2 Å². The second kappa shape index (κ2) is 6.14. The monoisotopic (exact) mass is 366 g/mol. The maximum absolute atomic E-state index is 14.1. The molecule has 0 radical (unpaired) electrons. The van der Waals surface area contributed by atoms with Crippen molar-refractivity contribution < 1.29 is 4.39 Å². The molecule has 3 heterocycles. The van der Waals surface area contributed by atoms with Crippen LogP contribution in [0.1, 0.15) is 22.0 Å². The van der Waals surface area contributed by atoms with Crippen LogP contribution in [0.4, 0.5) is 10.2 Å². The van der Waals surface area contributed by atoms with Crippen molar-refractivity contribution in [3.8, 4) is 5.69 Å². The fourth-order valence-electron chi connectivity index (χ4n) is 3.26. The van der Waals surface area contributed by atoms with E-state index in [4.69, 9.17) is 4.98 Å². The highest BCUT2D eigenvalue weighted by molar-refractivity contribution is 7.11. The molecule has 0 saturated carbocycles. The van der Waals surface area contributed by atoms with Crippen LogP contribution in [-0.4, -0.2) is 24.7 Å². The number of benzene rings is 1. The Morgan fingerprint density at radius 3 is 3.00 bits per heavy atom. The zero-order valence-corrected chi connectivity index (χ0v) is 14.6. The molecule has 0 saturated heterocycles. The number of aromatic nitrogens is 5. The Morgan fingerprint density at radius 1 is 1.19 bits per heavy atom. The van der Waals surface area contributed by atoms with Gasteiger partial charge in [0.05, 0.1) is 23.8 Å². The summed E-state index contributed by atoms with van der Waals surface area (Å²) in [5, 5.41) is 9.43. The minimum absolute atomic E-state index is 0.345. The predicted octanol–water partition coefficient (Wildman–Crippen LogP) is 3.51. The Bertz CT molecular complexity index is 1080. The number of fused-ring (bicyclic) bond motifs is 2. The third-order valence-electron chi connectivity index (χ3n) is 4.49. The summed E-state index contributed by atoms with van der Waals surface area (Å²) >= 11 is 1.76. The van der Waals surface area contributed by atoms with E-state index in [1.54, 1.807) is 35.7 Å². The molecule has 1 aliphatic carbocycles. The quantitative estimate of drug-likeness (QED) is 0.599. The first-order valence-corrected chi connectivity index (χ1v) is 9.26. The van der Waals surface area contributed by atoms with E-state index in [-0.39, 0.29) is 5.82 Å². The molecule has 0 amide bonds. The number of hydrogen-bond acceptors (Lipinski definition) is 6. The summed E-state index contributed by atoms with van der Waals surface area (Å²) in [6.07, 6.45) is 6.56. The van der Waals surface area contributed by atoms with E-state index in [1.165, 1.54) is 34.1 Å². The van der Waals surface area contributed by atoms with Crippen LogP contribution >= 0.6 is 11.3 Å². The smallest absolute Gasteiger partial charge is 0.168 e. The molecule has 1 aliphatic rings. The lowest BCUT2D eigenvalue weighted by Gasteiger charge is -2.06. The number of hydrogen-bond donors (Lipinski definition) is 1. The molecule has 0 atom stereocenters. The molecular weight excluding hydrogens is 351 g/mol. The molecular formula is C18H15FN6S. The van der Waals surface area contributed by atoms with Crippen molar-refractivity contribution in [2.24, 2.45) is 0 Å². The van der Waals surface area contributed by atoms with Crippen molar-refractivity contribution >= 4 is 28.2 Å². The van der Waals surface area contributed by atoms with Crippen LogP contribution in [0.25, 0.3) is 16.7 Å². The number of para-hydroxylation sites is 1. The van der Waals surface area contributed by atoms with E-state index in [0.29, 0.717) is 23.7 Å². The third-order valence-corrected chi connectivity index (χ3v) is 5.65. The summed E-state index contributed by atoms with van der Waals surface area (Å²) in [5.74, 6) is 0.330. The van der Waals surface area contributed by atoms with Crippen LogP contribution in [0.5, 0.6) is 0 Å². The molecule has 130 valence electrons. The lowest BCUT2D eigenvalue weighted by molar-refractivity contribution is 0.612. The molecule has 0 aliphatic heterocycles. The summed E-state index contributed by atoms with van der Waals surface area (Å²) in [6.45, 7) is 0.606. The number of halogens is 1. The zero-order chi connectivity index (χ0) is 17.5. The molecule has 0 unspecified atom stereocenters. The molecule has 1 aromatic carbocycles. The van der Waals surface area contributed by atoms with Gasteiger partial charge in [0.2, 0.25) is 0 Å². The van der Waals surface area contributed by atoms with Crippen LogP contribution in [0.3, 0.4) is 0 Å². The fraction of sp³-hybridized carbons (Fsp3) is 0.222. The van der Waals surface area contributed by atoms with Gasteiger partial charge in [0.15, 0.2) is 5.65 Å². The first kappa shape index (κ1) is 15.4. The van der Waals surface area contributed by atoms with Crippen molar-refractivity contribution in [1.29, 1.82) is 0 Å². The first-order chi connectivity index (χ1) is 12.8. The van der Waals surface area contributed by atoms with Crippen LogP contribution < -0.4 is 5.32 Å². The van der Waals surface area contributed by atoms with Gasteiger partial charge in [-0.15, -0.1) is 11.3 Å². The van der Waals surface area contributed by atoms with Crippen LogP contribution in [0.15, 0.2) is 36.8 Å². The minimum Gasteiger partial charge on any atom is -0.363 e. The van der Waals surface area contributed by atoms with Crippen molar-refractivity contribution in [2.45, 2.75) is 25.8 Å². The molecule has 8 heteroatoms. The lowest BCUT2D eigenvalue weighted by atomic mass is 10.3. The van der Waals surface area contributed by atoms with Crippen molar-refractivity contribution in [1.82, 2.24) is 24.7 Å². The van der Waals surface area contributed by atoms with Gasteiger partial charge in [-0.3, -0.25) is 0 Å². The van der Waals surface area contributed by atoms with Crippen LogP contribution in [-0.2, 0) is 19.4 Å². The van der Waals surface area contributed by atoms with E-state index in [9.17, 15) is 4.39 Å². The van der Waals surface area contributed by atoms with E-state index < -0.39 is 0 Å². The van der Waals surface area contributed by atoms with Gasteiger partial charge in [0, 0.05) is 4.88 Å². The van der Waals surface area contributed by atoms with Crippen molar-refractivity contribution in [3.63, 3.8) is 0 Å². The average Bonchev–Trinajstić information content (AvgIpc) is 3.35. The third kappa shape index (κ3) is 2.53. The summed E-state index contributed by atoms with van der Waals surface area (Å²) in [5.41, 5.74) is 2.17. The van der Waals surface area contributed by atoms with Gasteiger partial charge in [0.1, 0.15) is 28.7 Å². The topological polar surface area (TPSA) is 68.5 Å². The molecule has 6 nitrogen and oxygen atoms in total. The molecule has 0 fully saturated rings. The van der Waals surface area contributed by atoms with Crippen LogP contribution in [0, 0.1) is 5.82 Å². The maximum atomic E-state index is 14.1. The Balaban J connectivity index is 1.46. The second-order valence-electron chi connectivity index (χ2n) is 6.15. The molecule has 26 heavy (non-hydrogen) atoms. The Morgan fingerprint density at radius 2 is 2.12 bits per heavy atom. The maximum Gasteiger partial charge on any atom is 0.168 e. The summed E-state index contributed by atoms with van der Waals surface area (Å²) < 4.78 is 15.6. The van der Waals surface area contributed by atoms with Gasteiger partial charge in [-0.2, -0.15) is 5.10 Å². The predicted molar refractivity (Wildman–Crippen MR) is 98.1 cm³/mol. The molecule has 0 spiro atoms. The van der Waals surface area contributed by atoms with Crippen LogP contribution in [0.2, 0.25) is 0 Å². The molecule has 1 N–H and O–H groups in total. The van der Waals surface area contributed by atoms with E-state index in [0.717, 1.165) is 23.2 Å². The minimum atomic E-state index is -0.345. The van der Waals surface area contributed by atoms with Gasteiger partial charge < -0.3 is 5.32 Å². The lowest BCUT2D eigenvalue weighted by Crippen LogP contribution is -2.04. The highest BCUT2D eigenvalue weighted by Crippen LogP contribution is 2.28. The fourth-order valence-corrected chi connectivity index (χ4v) is 4.36.